The van der Waals surface area contributed by atoms with E-state index in [2.05, 4.69) is 10.2 Å². The van der Waals surface area contributed by atoms with Crippen molar-refractivity contribution in [3.8, 4) is 17.0 Å². The molecular formula is C27H31ClFN3O3. The number of hydrogen-bond donors (Lipinski definition) is 1. The zero-order valence-corrected chi connectivity index (χ0v) is 20.9. The molecule has 0 saturated carbocycles. The molecule has 1 amide bonds. The Bertz CT molecular complexity index is 1180. The third-order valence-corrected chi connectivity index (χ3v) is 6.14. The number of morpholine rings is 1. The van der Waals surface area contributed by atoms with E-state index in [0.717, 1.165) is 61.5 Å². The summed E-state index contributed by atoms with van der Waals surface area (Å²) in [5.74, 6) is 0.160. The second-order valence-corrected chi connectivity index (χ2v) is 9.44. The minimum Gasteiger partial charge on any atom is -0.494 e. The Balaban J connectivity index is 1.55. The summed E-state index contributed by atoms with van der Waals surface area (Å²) in [6.45, 7) is 8.96. The number of hydrogen-bond acceptors (Lipinski definition) is 5. The Morgan fingerprint density at radius 3 is 2.74 bits per heavy atom. The highest BCUT2D eigenvalue weighted by atomic mass is 35.5. The van der Waals surface area contributed by atoms with Crippen LogP contribution in [-0.4, -0.2) is 61.3 Å². The number of amides is 1. The molecule has 3 aromatic rings. The Hall–Kier alpha value is -2.74. The molecule has 0 radical (unpaired) electrons. The van der Waals surface area contributed by atoms with E-state index in [9.17, 15) is 9.18 Å². The fraction of sp³-hybridized carbons (Fsp3) is 0.407. The maximum Gasteiger partial charge on any atom is 0.224 e. The molecule has 0 bridgehead atoms. The molecule has 1 aliphatic rings. The number of carbonyl (C=O) groups is 1. The van der Waals surface area contributed by atoms with Gasteiger partial charge < -0.3 is 14.8 Å². The molecule has 0 unspecified atom stereocenters. The summed E-state index contributed by atoms with van der Waals surface area (Å²) in [5, 5.41) is 3.81. The van der Waals surface area contributed by atoms with E-state index in [4.69, 9.17) is 26.1 Å². The molecule has 1 aromatic heterocycles. The fourth-order valence-corrected chi connectivity index (χ4v) is 4.35. The van der Waals surface area contributed by atoms with Crippen LogP contribution in [-0.2, 0) is 16.0 Å². The number of ether oxygens (including phenoxy) is 2. The monoisotopic (exact) mass is 499 g/mol. The molecule has 2 heterocycles. The van der Waals surface area contributed by atoms with Gasteiger partial charge in [-0.05, 0) is 68.3 Å². The number of fused-ring (bicyclic) bond motifs is 1. The van der Waals surface area contributed by atoms with Crippen LogP contribution in [0.25, 0.3) is 22.2 Å². The summed E-state index contributed by atoms with van der Waals surface area (Å²) in [4.78, 5) is 19.8. The number of nitrogens with zero attached hydrogens (tertiary/aromatic N) is 2. The molecule has 0 aliphatic carbocycles. The van der Waals surface area contributed by atoms with Crippen molar-refractivity contribution in [1.29, 1.82) is 0 Å². The van der Waals surface area contributed by atoms with Gasteiger partial charge in [0.1, 0.15) is 11.6 Å². The summed E-state index contributed by atoms with van der Waals surface area (Å²) in [6, 6.07) is 12.2. The Labute approximate surface area is 210 Å². The van der Waals surface area contributed by atoms with Gasteiger partial charge in [-0.3, -0.25) is 9.69 Å². The first-order valence-corrected chi connectivity index (χ1v) is 12.4. The lowest BCUT2D eigenvalue weighted by atomic mass is 10.0. The molecule has 0 spiro atoms. The first kappa shape index (κ1) is 25.4. The predicted octanol–water partition coefficient (Wildman–Crippen LogP) is 4.86. The van der Waals surface area contributed by atoms with Crippen molar-refractivity contribution >= 4 is 28.4 Å². The third-order valence-electron chi connectivity index (χ3n) is 5.85. The minimum atomic E-state index is -0.495. The van der Waals surface area contributed by atoms with Gasteiger partial charge in [0.25, 0.3) is 0 Å². The number of benzene rings is 2. The molecular weight excluding hydrogens is 469 g/mol. The first-order valence-electron chi connectivity index (χ1n) is 12.0. The highest BCUT2D eigenvalue weighted by Crippen LogP contribution is 2.30. The van der Waals surface area contributed by atoms with Gasteiger partial charge in [-0.15, -0.1) is 0 Å². The van der Waals surface area contributed by atoms with Crippen molar-refractivity contribution in [2.45, 2.75) is 32.7 Å². The Kier molecular flexibility index (Phi) is 8.55. The average molecular weight is 500 g/mol. The maximum atomic E-state index is 13.8. The molecule has 1 fully saturated rings. The third kappa shape index (κ3) is 6.90. The van der Waals surface area contributed by atoms with Crippen molar-refractivity contribution in [2.24, 2.45) is 0 Å². The summed E-state index contributed by atoms with van der Waals surface area (Å²) in [5.41, 5.74) is 2.77. The van der Waals surface area contributed by atoms with Crippen LogP contribution in [0.5, 0.6) is 5.75 Å². The van der Waals surface area contributed by atoms with E-state index in [0.29, 0.717) is 17.9 Å². The molecule has 4 rings (SSSR count). The van der Waals surface area contributed by atoms with E-state index in [1.165, 1.54) is 6.07 Å². The largest absolute Gasteiger partial charge is 0.494 e. The molecule has 1 aliphatic heterocycles. The molecule has 35 heavy (non-hydrogen) atoms. The van der Waals surface area contributed by atoms with Crippen LogP contribution in [0.2, 0.25) is 5.02 Å². The highest BCUT2D eigenvalue weighted by Gasteiger charge is 2.16. The van der Waals surface area contributed by atoms with Crippen LogP contribution >= 0.6 is 11.6 Å². The second kappa shape index (κ2) is 11.8. The zero-order valence-electron chi connectivity index (χ0n) is 20.2. The predicted molar refractivity (Wildman–Crippen MR) is 137 cm³/mol. The normalized spacial score (nSPS) is 14.4. The smallest absolute Gasteiger partial charge is 0.224 e. The molecule has 2 aromatic carbocycles. The van der Waals surface area contributed by atoms with E-state index in [1.54, 1.807) is 12.1 Å². The summed E-state index contributed by atoms with van der Waals surface area (Å²) >= 11 is 6.03. The average Bonchev–Trinajstić information content (AvgIpc) is 2.83. The lowest BCUT2D eigenvalue weighted by Gasteiger charge is -2.26. The standard InChI is InChI=1S/C27H31ClFN3O3/c1-18(2)30-26(33)17-21-14-20-15-22(35-11-3-8-32-9-12-34-13-10-32)5-7-25(20)31-27(21)19-4-6-24(29)23(28)16-19/h4-7,14-16,18H,3,8-13,17H2,1-2H3,(H,30,33). The van der Waals surface area contributed by atoms with Crippen LogP contribution in [0.3, 0.4) is 0 Å². The zero-order chi connectivity index (χ0) is 24.8. The van der Waals surface area contributed by atoms with Crippen molar-refractivity contribution in [1.82, 2.24) is 15.2 Å². The fourth-order valence-electron chi connectivity index (χ4n) is 4.17. The van der Waals surface area contributed by atoms with Gasteiger partial charge in [-0.25, -0.2) is 9.37 Å². The lowest BCUT2D eigenvalue weighted by molar-refractivity contribution is -0.120. The first-order chi connectivity index (χ1) is 16.9. The van der Waals surface area contributed by atoms with Crippen molar-refractivity contribution in [3.63, 3.8) is 0 Å². The minimum absolute atomic E-state index is 0.0165. The van der Waals surface area contributed by atoms with E-state index >= 15 is 0 Å². The van der Waals surface area contributed by atoms with E-state index in [1.807, 2.05) is 38.1 Å². The van der Waals surface area contributed by atoms with Crippen LogP contribution < -0.4 is 10.1 Å². The molecule has 186 valence electrons. The van der Waals surface area contributed by atoms with Gasteiger partial charge in [-0.1, -0.05) is 11.6 Å². The van der Waals surface area contributed by atoms with Gasteiger partial charge in [0.15, 0.2) is 0 Å². The van der Waals surface area contributed by atoms with Gasteiger partial charge in [0.2, 0.25) is 5.91 Å². The lowest BCUT2D eigenvalue weighted by Crippen LogP contribution is -2.37. The van der Waals surface area contributed by atoms with Gasteiger partial charge >= 0.3 is 0 Å². The highest BCUT2D eigenvalue weighted by molar-refractivity contribution is 6.31. The quantitative estimate of drug-likeness (QED) is 0.426. The summed E-state index contributed by atoms with van der Waals surface area (Å²) in [6.07, 6.45) is 1.08. The molecule has 1 N–H and O–H groups in total. The number of halogens is 2. The number of nitrogens with one attached hydrogen (secondary N) is 1. The van der Waals surface area contributed by atoms with Crippen LogP contribution in [0.4, 0.5) is 4.39 Å². The molecule has 6 nitrogen and oxygen atoms in total. The molecule has 8 heteroatoms. The van der Waals surface area contributed by atoms with E-state index in [-0.39, 0.29) is 23.4 Å². The van der Waals surface area contributed by atoms with Crippen molar-refractivity contribution < 1.29 is 18.7 Å². The van der Waals surface area contributed by atoms with Crippen LogP contribution in [0.1, 0.15) is 25.8 Å². The number of rotatable bonds is 9. The maximum absolute atomic E-state index is 13.8. The second-order valence-electron chi connectivity index (χ2n) is 9.03. The van der Waals surface area contributed by atoms with Crippen LogP contribution in [0.15, 0.2) is 42.5 Å². The number of pyridine rings is 1. The van der Waals surface area contributed by atoms with Crippen LogP contribution in [0, 0.1) is 5.82 Å². The summed E-state index contributed by atoms with van der Waals surface area (Å²) < 4.78 is 25.1. The van der Waals surface area contributed by atoms with Gasteiger partial charge in [0.05, 0.1) is 42.5 Å². The van der Waals surface area contributed by atoms with Crippen molar-refractivity contribution in [3.05, 3.63) is 58.9 Å². The number of aromatic nitrogens is 1. The SMILES string of the molecule is CC(C)NC(=O)Cc1cc2cc(OCCCN3CCOCC3)ccc2nc1-c1ccc(F)c(Cl)c1. The van der Waals surface area contributed by atoms with Gasteiger partial charge in [-0.2, -0.15) is 0 Å². The van der Waals surface area contributed by atoms with E-state index < -0.39 is 5.82 Å². The molecule has 1 saturated heterocycles. The Morgan fingerprint density at radius 1 is 1.20 bits per heavy atom. The Morgan fingerprint density at radius 2 is 2.00 bits per heavy atom. The van der Waals surface area contributed by atoms with Gasteiger partial charge in [0, 0.05) is 36.6 Å². The number of carbonyl (C=O) groups excluding carboxylic acids is 1. The molecule has 0 atom stereocenters. The topological polar surface area (TPSA) is 63.7 Å². The summed E-state index contributed by atoms with van der Waals surface area (Å²) in [7, 11) is 0. The van der Waals surface area contributed by atoms with Crippen molar-refractivity contribution in [2.75, 3.05) is 39.5 Å².